The first kappa shape index (κ1) is 22.5. The number of sulfonamides is 1. The molecule has 4 rings (SSSR count). The fraction of sp³-hybridized carbons (Fsp3) is 0.375. The molecule has 1 N–H and O–H groups in total. The van der Waals surface area contributed by atoms with Gasteiger partial charge in [0, 0.05) is 55.4 Å². The Morgan fingerprint density at radius 1 is 1.09 bits per heavy atom. The third-order valence-corrected chi connectivity index (χ3v) is 7.97. The number of fused-ring (bicyclic) bond motifs is 1. The number of aryl methyl sites for hydroxylation is 1. The molecule has 1 aliphatic heterocycles. The first-order valence-corrected chi connectivity index (χ1v) is 12.3. The lowest BCUT2D eigenvalue weighted by molar-refractivity contribution is -0.120. The number of rotatable bonds is 7. The van der Waals surface area contributed by atoms with Crippen LogP contribution in [0.25, 0.3) is 10.9 Å². The van der Waals surface area contributed by atoms with Gasteiger partial charge in [-0.25, -0.2) is 8.42 Å². The molecule has 0 radical (unpaired) electrons. The molecule has 0 bridgehead atoms. The van der Waals surface area contributed by atoms with Gasteiger partial charge in [0.05, 0.1) is 11.5 Å². The molecule has 3 aromatic rings. The third-order valence-electron chi connectivity index (χ3n) is 6.06. The number of methoxy groups -OCH3 is 1. The highest BCUT2D eigenvalue weighted by Gasteiger charge is 2.32. The van der Waals surface area contributed by atoms with E-state index in [1.807, 2.05) is 37.4 Å². The molecule has 170 valence electrons. The molecule has 1 fully saturated rings. The van der Waals surface area contributed by atoms with Crippen LogP contribution in [0.4, 0.5) is 5.69 Å². The van der Waals surface area contributed by atoms with Crippen LogP contribution in [-0.2, 0) is 26.1 Å². The van der Waals surface area contributed by atoms with Gasteiger partial charge in [-0.1, -0.05) is 17.7 Å². The Labute approximate surface area is 189 Å². The van der Waals surface area contributed by atoms with Crippen molar-refractivity contribution in [3.8, 4) is 0 Å². The van der Waals surface area contributed by atoms with Crippen LogP contribution in [0.1, 0.15) is 18.4 Å². The van der Waals surface area contributed by atoms with Crippen LogP contribution in [0.15, 0.2) is 59.6 Å². The Hall–Kier alpha value is -2.68. The maximum atomic E-state index is 12.9. The van der Waals surface area contributed by atoms with Gasteiger partial charge in [-0.2, -0.15) is 4.31 Å². The summed E-state index contributed by atoms with van der Waals surface area (Å²) in [6.07, 6.45) is 3.03. The fourth-order valence-electron chi connectivity index (χ4n) is 4.12. The SMILES string of the molecule is COCCn1ccc2cc(NC(=O)C3CCN(S(=O)(=O)c4ccc(C)cc4)CC3)ccc21. The van der Waals surface area contributed by atoms with Gasteiger partial charge >= 0.3 is 0 Å². The van der Waals surface area contributed by atoms with Crippen molar-refractivity contribution < 1.29 is 17.9 Å². The predicted octanol–water partition coefficient (Wildman–Crippen LogP) is 3.64. The van der Waals surface area contributed by atoms with Crippen molar-refractivity contribution in [1.29, 1.82) is 0 Å². The number of carbonyl (C=O) groups excluding carboxylic acids is 1. The van der Waals surface area contributed by atoms with E-state index in [1.54, 1.807) is 31.4 Å². The molecule has 0 atom stereocenters. The molecule has 2 heterocycles. The maximum absolute atomic E-state index is 12.9. The summed E-state index contributed by atoms with van der Waals surface area (Å²) >= 11 is 0. The first-order valence-electron chi connectivity index (χ1n) is 10.8. The number of nitrogens with one attached hydrogen (secondary N) is 1. The van der Waals surface area contributed by atoms with Gasteiger partial charge in [-0.3, -0.25) is 4.79 Å². The Morgan fingerprint density at radius 3 is 2.50 bits per heavy atom. The number of hydrogen-bond acceptors (Lipinski definition) is 4. The summed E-state index contributed by atoms with van der Waals surface area (Å²) in [5, 5.41) is 4.06. The molecule has 1 amide bonds. The summed E-state index contributed by atoms with van der Waals surface area (Å²) < 4.78 is 34.5. The molecule has 2 aromatic carbocycles. The molecule has 0 aliphatic carbocycles. The van der Waals surface area contributed by atoms with Crippen LogP contribution < -0.4 is 5.32 Å². The lowest BCUT2D eigenvalue weighted by Gasteiger charge is -2.30. The quantitative estimate of drug-likeness (QED) is 0.590. The van der Waals surface area contributed by atoms with E-state index in [0.29, 0.717) is 37.4 Å². The van der Waals surface area contributed by atoms with Gasteiger partial charge in [0.2, 0.25) is 15.9 Å². The number of amides is 1. The number of anilines is 1. The first-order chi connectivity index (χ1) is 15.4. The van der Waals surface area contributed by atoms with Crippen LogP contribution in [0.3, 0.4) is 0 Å². The Balaban J connectivity index is 1.37. The van der Waals surface area contributed by atoms with E-state index in [0.717, 1.165) is 28.7 Å². The minimum absolute atomic E-state index is 0.0597. The monoisotopic (exact) mass is 455 g/mol. The Kier molecular flexibility index (Phi) is 6.64. The summed E-state index contributed by atoms with van der Waals surface area (Å²) in [7, 11) is -1.84. The molecule has 7 nitrogen and oxygen atoms in total. The summed E-state index contributed by atoms with van der Waals surface area (Å²) in [6, 6.07) is 14.8. The normalized spacial score (nSPS) is 15.8. The van der Waals surface area contributed by atoms with E-state index in [2.05, 4.69) is 9.88 Å². The zero-order valence-corrected chi connectivity index (χ0v) is 19.3. The van der Waals surface area contributed by atoms with Crippen LogP contribution in [-0.4, -0.2) is 50.0 Å². The number of benzene rings is 2. The lowest BCUT2D eigenvalue weighted by Crippen LogP contribution is -2.41. The number of hydrogen-bond donors (Lipinski definition) is 1. The molecule has 0 unspecified atom stereocenters. The number of carbonyl (C=O) groups is 1. The lowest BCUT2D eigenvalue weighted by atomic mass is 9.97. The topological polar surface area (TPSA) is 80.6 Å². The molecule has 1 aliphatic rings. The second kappa shape index (κ2) is 9.44. The average Bonchev–Trinajstić information content (AvgIpc) is 3.20. The van der Waals surface area contributed by atoms with E-state index in [-0.39, 0.29) is 11.8 Å². The highest BCUT2D eigenvalue weighted by atomic mass is 32.2. The van der Waals surface area contributed by atoms with Crippen molar-refractivity contribution in [2.75, 3.05) is 32.1 Å². The van der Waals surface area contributed by atoms with E-state index < -0.39 is 10.0 Å². The van der Waals surface area contributed by atoms with E-state index >= 15 is 0 Å². The van der Waals surface area contributed by atoms with E-state index in [9.17, 15) is 13.2 Å². The molecule has 1 saturated heterocycles. The summed E-state index contributed by atoms with van der Waals surface area (Å²) in [5.74, 6) is -0.267. The Morgan fingerprint density at radius 2 is 1.81 bits per heavy atom. The zero-order chi connectivity index (χ0) is 22.7. The molecule has 0 saturated carbocycles. The van der Waals surface area contributed by atoms with Crippen molar-refractivity contribution in [2.24, 2.45) is 5.92 Å². The summed E-state index contributed by atoms with van der Waals surface area (Å²) in [4.78, 5) is 13.1. The second-order valence-electron chi connectivity index (χ2n) is 8.26. The smallest absolute Gasteiger partial charge is 0.243 e. The standard InChI is InChI=1S/C24H29N3O4S/c1-18-3-6-22(7-4-18)32(29,30)27-13-10-19(11-14-27)24(28)25-21-5-8-23-20(17-21)9-12-26(23)15-16-31-2/h3-9,12,17,19H,10-11,13-16H2,1-2H3,(H,25,28). The highest BCUT2D eigenvalue weighted by Crippen LogP contribution is 2.26. The predicted molar refractivity (Wildman–Crippen MR) is 125 cm³/mol. The highest BCUT2D eigenvalue weighted by molar-refractivity contribution is 7.89. The van der Waals surface area contributed by atoms with Crippen molar-refractivity contribution in [3.05, 3.63) is 60.3 Å². The Bertz CT molecular complexity index is 1190. The number of aromatic nitrogens is 1. The minimum atomic E-state index is -3.53. The van der Waals surface area contributed by atoms with E-state index in [1.165, 1.54) is 4.31 Å². The summed E-state index contributed by atoms with van der Waals surface area (Å²) in [5.41, 5.74) is 2.86. The van der Waals surface area contributed by atoms with Crippen LogP contribution in [0, 0.1) is 12.8 Å². The van der Waals surface area contributed by atoms with Gasteiger partial charge in [0.25, 0.3) is 0 Å². The van der Waals surface area contributed by atoms with Gasteiger partial charge in [0.1, 0.15) is 0 Å². The second-order valence-corrected chi connectivity index (χ2v) is 10.2. The van der Waals surface area contributed by atoms with Crippen LogP contribution in [0.2, 0.25) is 0 Å². The average molecular weight is 456 g/mol. The van der Waals surface area contributed by atoms with Crippen LogP contribution in [0.5, 0.6) is 0 Å². The van der Waals surface area contributed by atoms with E-state index in [4.69, 9.17) is 4.74 Å². The van der Waals surface area contributed by atoms with Gasteiger partial charge in [0.15, 0.2) is 0 Å². The fourth-order valence-corrected chi connectivity index (χ4v) is 5.59. The van der Waals surface area contributed by atoms with Crippen molar-refractivity contribution in [3.63, 3.8) is 0 Å². The van der Waals surface area contributed by atoms with Crippen molar-refractivity contribution >= 4 is 32.5 Å². The molecule has 8 heteroatoms. The maximum Gasteiger partial charge on any atom is 0.243 e. The molecule has 32 heavy (non-hydrogen) atoms. The number of piperidine rings is 1. The van der Waals surface area contributed by atoms with Gasteiger partial charge in [-0.05, 0) is 56.2 Å². The molecule has 1 aromatic heterocycles. The van der Waals surface area contributed by atoms with Crippen LogP contribution >= 0.6 is 0 Å². The summed E-state index contributed by atoms with van der Waals surface area (Å²) in [6.45, 7) is 4.02. The van der Waals surface area contributed by atoms with Gasteiger partial charge in [-0.15, -0.1) is 0 Å². The third kappa shape index (κ3) is 4.72. The molecular weight excluding hydrogens is 426 g/mol. The number of nitrogens with zero attached hydrogens (tertiary/aromatic N) is 2. The van der Waals surface area contributed by atoms with Gasteiger partial charge < -0.3 is 14.6 Å². The van der Waals surface area contributed by atoms with Crippen molar-refractivity contribution in [1.82, 2.24) is 8.87 Å². The minimum Gasteiger partial charge on any atom is -0.383 e. The number of ether oxygens (including phenoxy) is 1. The molecule has 0 spiro atoms. The zero-order valence-electron chi connectivity index (χ0n) is 18.5. The largest absolute Gasteiger partial charge is 0.383 e. The molecular formula is C24H29N3O4S. The van der Waals surface area contributed by atoms with Crippen molar-refractivity contribution in [2.45, 2.75) is 31.2 Å².